The quantitative estimate of drug-likeness (QED) is 0.622. The Labute approximate surface area is 199 Å². The number of allylic oxidation sites excluding steroid dienone is 1. The van der Waals surface area contributed by atoms with Crippen molar-refractivity contribution in [3.8, 4) is 0 Å². The van der Waals surface area contributed by atoms with Crippen molar-refractivity contribution >= 4 is 40.7 Å². The molecule has 0 radical (unpaired) electrons. The summed E-state index contributed by atoms with van der Waals surface area (Å²) in [5.41, 5.74) is 1.40. The molecule has 1 aromatic carbocycles. The van der Waals surface area contributed by atoms with Crippen molar-refractivity contribution in [3.05, 3.63) is 62.5 Å². The van der Waals surface area contributed by atoms with Gasteiger partial charge in [0.2, 0.25) is 0 Å². The van der Waals surface area contributed by atoms with Gasteiger partial charge in [-0.1, -0.05) is 24.1 Å². The van der Waals surface area contributed by atoms with E-state index in [1.54, 1.807) is 6.20 Å². The Morgan fingerprint density at radius 1 is 1.24 bits per heavy atom. The summed E-state index contributed by atoms with van der Waals surface area (Å²) in [5.74, 6) is -1.23. The summed E-state index contributed by atoms with van der Waals surface area (Å²) in [4.78, 5) is 34.4. The van der Waals surface area contributed by atoms with E-state index >= 15 is 0 Å². The molecule has 0 amide bonds. The number of carbonyl (C=O) groups excluding carboxylic acids is 2. The molecule has 0 bridgehead atoms. The van der Waals surface area contributed by atoms with Crippen molar-refractivity contribution < 1.29 is 23.5 Å². The highest BCUT2D eigenvalue weighted by Gasteiger charge is 2.39. The Bertz CT molecular complexity index is 1120. The number of thiazole rings is 1. The van der Waals surface area contributed by atoms with Gasteiger partial charge in [0, 0.05) is 33.8 Å². The topological polar surface area (TPSA) is 89.9 Å². The zero-order valence-electron chi connectivity index (χ0n) is 18.1. The van der Waals surface area contributed by atoms with E-state index < -0.39 is 17.8 Å². The molecule has 2 aromatic rings. The van der Waals surface area contributed by atoms with Gasteiger partial charge in [-0.15, -0.1) is 11.3 Å². The van der Waals surface area contributed by atoms with Crippen LogP contribution in [-0.2, 0) is 19.1 Å². The van der Waals surface area contributed by atoms with Crippen LogP contribution in [-0.4, -0.2) is 37.0 Å². The van der Waals surface area contributed by atoms with E-state index in [0.717, 1.165) is 19.3 Å². The molecule has 0 spiro atoms. The molecule has 1 aliphatic carbocycles. The van der Waals surface area contributed by atoms with Gasteiger partial charge in [0.1, 0.15) is 11.9 Å². The normalized spacial score (nSPS) is 22.9. The van der Waals surface area contributed by atoms with E-state index in [9.17, 15) is 14.0 Å². The van der Waals surface area contributed by atoms with Gasteiger partial charge in [0.25, 0.3) is 0 Å². The fourth-order valence-electron chi connectivity index (χ4n) is 4.45. The predicted octanol–water partition coefficient (Wildman–Crippen LogP) is 4.43. The number of halogens is 2. The lowest BCUT2D eigenvalue weighted by Crippen LogP contribution is -2.38. The molecule has 7 nitrogen and oxygen atoms in total. The Morgan fingerprint density at radius 2 is 2.06 bits per heavy atom. The first-order chi connectivity index (χ1) is 15.9. The van der Waals surface area contributed by atoms with Crippen LogP contribution in [0.2, 0.25) is 5.02 Å². The minimum Gasteiger partial charge on any atom is -0.469 e. The molecule has 3 atom stereocenters. The summed E-state index contributed by atoms with van der Waals surface area (Å²) < 4.78 is 23.9. The number of methoxy groups -OCH3 is 2. The van der Waals surface area contributed by atoms with E-state index in [-0.39, 0.29) is 22.8 Å². The van der Waals surface area contributed by atoms with Crippen LogP contribution in [0.1, 0.15) is 42.3 Å². The number of aromatic nitrogens is 1. The van der Waals surface area contributed by atoms with Crippen LogP contribution in [0.25, 0.3) is 0 Å². The van der Waals surface area contributed by atoms with Gasteiger partial charge in [-0.2, -0.15) is 0 Å². The second-order valence-corrected chi connectivity index (χ2v) is 9.21. The second kappa shape index (κ2) is 10.0. The van der Waals surface area contributed by atoms with Gasteiger partial charge in [0.15, 0.2) is 10.8 Å². The summed E-state index contributed by atoms with van der Waals surface area (Å²) in [5, 5.41) is 5.92. The van der Waals surface area contributed by atoms with Crippen LogP contribution in [0.15, 0.2) is 46.0 Å². The monoisotopic (exact) mass is 491 g/mol. The molecule has 174 valence electrons. The number of nitrogens with one attached hydrogen (secondary N) is 1. The molecule has 1 aliphatic heterocycles. The van der Waals surface area contributed by atoms with Crippen LogP contribution >= 0.6 is 22.9 Å². The largest absolute Gasteiger partial charge is 0.469 e. The standard InChI is InChI=1S/C23H23ClFN3O4S/c1-31-22(29)13-5-3-4-12(10-13)18-17(23(30)32-2)19(15-7-6-14(25)11-16(15)24)28-20(27-18)21-26-8-9-33-21/h6-9,11-13,19H,3-5,10H2,1-2H3,(H,27,28)/t12-,13+,19?/m1/s1. The molecule has 2 aliphatic rings. The first-order valence-corrected chi connectivity index (χ1v) is 11.8. The van der Waals surface area contributed by atoms with E-state index in [1.807, 2.05) is 5.38 Å². The molecule has 4 rings (SSSR count). The maximum absolute atomic E-state index is 13.8. The lowest BCUT2D eigenvalue weighted by Gasteiger charge is -2.35. The fourth-order valence-corrected chi connectivity index (χ4v) is 5.31. The number of benzene rings is 1. The summed E-state index contributed by atoms with van der Waals surface area (Å²) in [6.07, 6.45) is 4.48. The average Bonchev–Trinajstić information content (AvgIpc) is 3.37. The Kier molecular flexibility index (Phi) is 7.09. The first kappa shape index (κ1) is 23.4. The van der Waals surface area contributed by atoms with Gasteiger partial charge in [0.05, 0.1) is 25.7 Å². The number of hydrogen-bond acceptors (Lipinski definition) is 8. The summed E-state index contributed by atoms with van der Waals surface area (Å²) >= 11 is 7.78. The molecule has 2 heterocycles. The number of rotatable bonds is 5. The maximum atomic E-state index is 13.8. The molecule has 1 unspecified atom stereocenters. The van der Waals surface area contributed by atoms with Crippen LogP contribution in [0.5, 0.6) is 0 Å². The van der Waals surface area contributed by atoms with Crippen LogP contribution in [0.3, 0.4) is 0 Å². The number of amidine groups is 1. The lowest BCUT2D eigenvalue weighted by molar-refractivity contribution is -0.146. The summed E-state index contributed by atoms with van der Waals surface area (Å²) in [7, 11) is 2.68. The fraction of sp³-hybridized carbons (Fsp3) is 0.391. The first-order valence-electron chi connectivity index (χ1n) is 10.5. The van der Waals surface area contributed by atoms with Crippen LogP contribution < -0.4 is 5.32 Å². The van der Waals surface area contributed by atoms with Gasteiger partial charge >= 0.3 is 11.9 Å². The van der Waals surface area contributed by atoms with Crippen molar-refractivity contribution in [2.45, 2.75) is 31.7 Å². The van der Waals surface area contributed by atoms with Crippen molar-refractivity contribution in [2.24, 2.45) is 16.8 Å². The smallest absolute Gasteiger partial charge is 0.338 e. The highest BCUT2D eigenvalue weighted by Crippen LogP contribution is 2.42. The highest BCUT2D eigenvalue weighted by molar-refractivity contribution is 7.11. The van der Waals surface area contributed by atoms with E-state index in [0.29, 0.717) is 34.1 Å². The Balaban J connectivity index is 1.85. The second-order valence-electron chi connectivity index (χ2n) is 7.91. The van der Waals surface area contributed by atoms with Crippen molar-refractivity contribution in [1.82, 2.24) is 10.3 Å². The molecule has 1 aromatic heterocycles. The van der Waals surface area contributed by atoms with Crippen molar-refractivity contribution in [2.75, 3.05) is 14.2 Å². The minimum atomic E-state index is -0.820. The molecule has 33 heavy (non-hydrogen) atoms. The summed E-state index contributed by atoms with van der Waals surface area (Å²) in [6.45, 7) is 0. The number of esters is 2. The molecule has 10 heteroatoms. The highest BCUT2D eigenvalue weighted by atomic mass is 35.5. The van der Waals surface area contributed by atoms with Crippen molar-refractivity contribution in [1.29, 1.82) is 0 Å². The third-order valence-electron chi connectivity index (χ3n) is 5.99. The number of carbonyl (C=O) groups is 2. The number of ether oxygens (including phenoxy) is 2. The molecule has 1 fully saturated rings. The SMILES string of the molecule is COC(=O)C1=C([C@@H]2CCC[C@H](C(=O)OC)C2)NC(c2nccs2)=NC1c1ccc(F)cc1Cl. The van der Waals surface area contributed by atoms with Gasteiger partial charge in [-0.25, -0.2) is 14.2 Å². The molecule has 1 N–H and O–H groups in total. The third-order valence-corrected chi connectivity index (χ3v) is 7.10. The van der Waals surface area contributed by atoms with E-state index in [4.69, 9.17) is 26.1 Å². The average molecular weight is 492 g/mol. The number of hydrogen-bond donors (Lipinski definition) is 1. The van der Waals surface area contributed by atoms with Crippen LogP contribution in [0.4, 0.5) is 4.39 Å². The zero-order chi connectivity index (χ0) is 23.5. The number of nitrogens with zero attached hydrogens (tertiary/aromatic N) is 2. The third kappa shape index (κ3) is 4.79. The predicted molar refractivity (Wildman–Crippen MR) is 122 cm³/mol. The zero-order valence-corrected chi connectivity index (χ0v) is 19.7. The molecule has 0 saturated heterocycles. The van der Waals surface area contributed by atoms with Crippen molar-refractivity contribution in [3.63, 3.8) is 0 Å². The van der Waals surface area contributed by atoms with Gasteiger partial charge < -0.3 is 14.8 Å². The van der Waals surface area contributed by atoms with E-state index in [2.05, 4.69) is 10.3 Å². The number of aliphatic imine (C=N–C) groups is 1. The Hall–Kier alpha value is -2.78. The lowest BCUT2D eigenvalue weighted by atomic mass is 9.77. The van der Waals surface area contributed by atoms with Gasteiger partial charge in [-0.3, -0.25) is 9.79 Å². The maximum Gasteiger partial charge on any atom is 0.338 e. The Morgan fingerprint density at radius 3 is 2.73 bits per heavy atom. The summed E-state index contributed by atoms with van der Waals surface area (Å²) in [6, 6.07) is 3.18. The molecule has 1 saturated carbocycles. The van der Waals surface area contributed by atoms with Gasteiger partial charge in [-0.05, 0) is 31.4 Å². The molecular formula is C23H23ClFN3O4S. The van der Waals surface area contributed by atoms with Crippen LogP contribution in [0, 0.1) is 17.7 Å². The molecular weight excluding hydrogens is 469 g/mol. The van der Waals surface area contributed by atoms with E-state index in [1.165, 1.54) is 43.8 Å². The minimum absolute atomic E-state index is 0.135.